The predicted molar refractivity (Wildman–Crippen MR) is 98.9 cm³/mol. The number of nitrogens with zero attached hydrogens (tertiary/aromatic N) is 1. The summed E-state index contributed by atoms with van der Waals surface area (Å²) in [6.45, 7) is 3.95. The van der Waals surface area contributed by atoms with Crippen molar-refractivity contribution in [1.82, 2.24) is 4.98 Å². The Hall–Kier alpha value is -2.40. The van der Waals surface area contributed by atoms with Gasteiger partial charge in [-0.2, -0.15) is 0 Å². The van der Waals surface area contributed by atoms with Crippen LogP contribution in [0.5, 0.6) is 11.6 Å². The number of nitrogens with two attached hydrogens (primary N) is 1. The first-order chi connectivity index (χ1) is 12.0. The summed E-state index contributed by atoms with van der Waals surface area (Å²) in [7, 11) is 0. The van der Waals surface area contributed by atoms with Gasteiger partial charge in [0.2, 0.25) is 11.8 Å². The molecule has 132 valence electrons. The minimum Gasteiger partial charge on any atom is -0.439 e. The molecule has 0 spiro atoms. The zero-order valence-electron chi connectivity index (χ0n) is 14.8. The van der Waals surface area contributed by atoms with Crippen molar-refractivity contribution < 1.29 is 9.53 Å². The number of hydrogen-bond acceptors (Lipinski definition) is 4. The van der Waals surface area contributed by atoms with E-state index in [9.17, 15) is 4.79 Å². The standard InChI is InChI=1S/C20H25N3O2/c1-14-8-11-22-18(12-14)25-17-13-16(7-6-15(17)2)23-19(24)20(21)9-4-3-5-10-20/h6-8,11-13H,3-5,9-10,21H2,1-2H3,(H,23,24). The number of aromatic nitrogens is 1. The van der Waals surface area contributed by atoms with E-state index in [0.29, 0.717) is 17.3 Å². The van der Waals surface area contributed by atoms with Crippen LogP contribution in [0.15, 0.2) is 36.5 Å². The number of anilines is 1. The Morgan fingerprint density at radius 1 is 1.16 bits per heavy atom. The molecule has 0 aliphatic heterocycles. The molecule has 1 saturated carbocycles. The van der Waals surface area contributed by atoms with Crippen LogP contribution in [0.25, 0.3) is 0 Å². The molecule has 0 unspecified atom stereocenters. The van der Waals surface area contributed by atoms with Gasteiger partial charge in [-0.25, -0.2) is 4.98 Å². The van der Waals surface area contributed by atoms with Crippen molar-refractivity contribution in [3.63, 3.8) is 0 Å². The topological polar surface area (TPSA) is 77.2 Å². The molecule has 1 aromatic heterocycles. The normalized spacial score (nSPS) is 16.3. The molecular weight excluding hydrogens is 314 g/mol. The molecule has 0 bridgehead atoms. The smallest absolute Gasteiger partial charge is 0.244 e. The highest BCUT2D eigenvalue weighted by Gasteiger charge is 2.35. The van der Waals surface area contributed by atoms with Gasteiger partial charge >= 0.3 is 0 Å². The molecule has 1 fully saturated rings. The number of ether oxygens (including phenoxy) is 1. The van der Waals surface area contributed by atoms with Crippen LogP contribution in [0.2, 0.25) is 0 Å². The number of amides is 1. The summed E-state index contributed by atoms with van der Waals surface area (Å²) >= 11 is 0. The fourth-order valence-corrected chi connectivity index (χ4v) is 3.13. The van der Waals surface area contributed by atoms with Crippen molar-refractivity contribution in [2.45, 2.75) is 51.5 Å². The first-order valence-corrected chi connectivity index (χ1v) is 8.78. The second-order valence-corrected chi connectivity index (χ2v) is 6.92. The summed E-state index contributed by atoms with van der Waals surface area (Å²) in [6.07, 6.45) is 6.35. The average molecular weight is 339 g/mol. The molecule has 0 radical (unpaired) electrons. The van der Waals surface area contributed by atoms with Crippen LogP contribution in [0, 0.1) is 13.8 Å². The lowest BCUT2D eigenvalue weighted by Crippen LogP contribution is -2.52. The summed E-state index contributed by atoms with van der Waals surface area (Å²) in [5, 5.41) is 2.95. The summed E-state index contributed by atoms with van der Waals surface area (Å²) in [6, 6.07) is 9.41. The van der Waals surface area contributed by atoms with Crippen LogP contribution < -0.4 is 15.8 Å². The minimum atomic E-state index is -0.762. The van der Waals surface area contributed by atoms with Gasteiger partial charge in [-0.15, -0.1) is 0 Å². The number of benzene rings is 1. The first-order valence-electron chi connectivity index (χ1n) is 8.78. The maximum Gasteiger partial charge on any atom is 0.244 e. The molecule has 3 N–H and O–H groups in total. The van der Waals surface area contributed by atoms with Gasteiger partial charge in [0.05, 0.1) is 5.54 Å². The summed E-state index contributed by atoms with van der Waals surface area (Å²) < 4.78 is 5.89. The molecule has 2 aromatic rings. The first kappa shape index (κ1) is 17.4. The van der Waals surface area contributed by atoms with Crippen molar-refractivity contribution in [2.24, 2.45) is 5.73 Å². The Morgan fingerprint density at radius 2 is 1.92 bits per heavy atom. The molecule has 5 nitrogen and oxygen atoms in total. The third-order valence-electron chi connectivity index (χ3n) is 4.75. The minimum absolute atomic E-state index is 0.115. The van der Waals surface area contributed by atoms with E-state index in [-0.39, 0.29) is 5.91 Å². The van der Waals surface area contributed by atoms with E-state index in [4.69, 9.17) is 10.5 Å². The number of carbonyl (C=O) groups excluding carboxylic acids is 1. The van der Waals surface area contributed by atoms with Gasteiger partial charge in [0.25, 0.3) is 0 Å². The van der Waals surface area contributed by atoms with Crippen LogP contribution in [0.1, 0.15) is 43.2 Å². The van der Waals surface area contributed by atoms with Crippen molar-refractivity contribution in [2.75, 3.05) is 5.32 Å². The molecule has 1 aliphatic rings. The third-order valence-corrected chi connectivity index (χ3v) is 4.75. The lowest BCUT2D eigenvalue weighted by Gasteiger charge is -2.31. The van der Waals surface area contributed by atoms with Crippen LogP contribution in [-0.2, 0) is 4.79 Å². The van der Waals surface area contributed by atoms with Gasteiger partial charge in [0, 0.05) is 24.0 Å². The molecule has 1 heterocycles. The molecule has 0 atom stereocenters. The second kappa shape index (κ2) is 7.23. The predicted octanol–water partition coefficient (Wildman–Crippen LogP) is 4.09. The Morgan fingerprint density at radius 3 is 2.64 bits per heavy atom. The van der Waals surface area contributed by atoms with Crippen molar-refractivity contribution >= 4 is 11.6 Å². The van der Waals surface area contributed by atoms with Gasteiger partial charge in [0.1, 0.15) is 5.75 Å². The monoisotopic (exact) mass is 339 g/mol. The quantitative estimate of drug-likeness (QED) is 0.879. The van der Waals surface area contributed by atoms with E-state index in [0.717, 1.165) is 43.2 Å². The van der Waals surface area contributed by atoms with Crippen LogP contribution >= 0.6 is 0 Å². The van der Waals surface area contributed by atoms with Crippen molar-refractivity contribution in [1.29, 1.82) is 0 Å². The summed E-state index contributed by atoms with van der Waals surface area (Å²) in [5.41, 5.74) is 8.28. The fourth-order valence-electron chi connectivity index (χ4n) is 3.13. The highest BCUT2D eigenvalue weighted by atomic mass is 16.5. The van der Waals surface area contributed by atoms with Gasteiger partial charge in [-0.1, -0.05) is 25.3 Å². The zero-order valence-corrected chi connectivity index (χ0v) is 14.8. The number of rotatable bonds is 4. The highest BCUT2D eigenvalue weighted by Crippen LogP contribution is 2.30. The van der Waals surface area contributed by atoms with Crippen molar-refractivity contribution in [3.8, 4) is 11.6 Å². The number of carbonyl (C=O) groups is 1. The Kier molecular flexibility index (Phi) is 5.04. The zero-order chi connectivity index (χ0) is 17.9. The summed E-state index contributed by atoms with van der Waals surface area (Å²) in [5.74, 6) is 1.09. The molecular formula is C20H25N3O2. The number of pyridine rings is 1. The third kappa shape index (κ3) is 4.17. The Bertz CT molecular complexity index is 767. The summed E-state index contributed by atoms with van der Waals surface area (Å²) in [4.78, 5) is 16.8. The van der Waals surface area contributed by atoms with Gasteiger partial charge in [-0.05, 0) is 49.9 Å². The van der Waals surface area contributed by atoms with E-state index in [2.05, 4.69) is 10.3 Å². The SMILES string of the molecule is Cc1ccnc(Oc2cc(NC(=O)C3(N)CCCCC3)ccc2C)c1. The van der Waals surface area contributed by atoms with E-state index >= 15 is 0 Å². The molecule has 1 aliphatic carbocycles. The molecule has 1 amide bonds. The average Bonchev–Trinajstić information content (AvgIpc) is 2.58. The number of aryl methyl sites for hydroxylation is 2. The van der Waals surface area contributed by atoms with E-state index in [1.165, 1.54) is 0 Å². The van der Waals surface area contributed by atoms with Gasteiger partial charge in [-0.3, -0.25) is 4.79 Å². The van der Waals surface area contributed by atoms with Crippen LogP contribution in [-0.4, -0.2) is 16.4 Å². The molecule has 1 aromatic carbocycles. The number of hydrogen-bond donors (Lipinski definition) is 2. The molecule has 0 saturated heterocycles. The maximum absolute atomic E-state index is 12.6. The van der Waals surface area contributed by atoms with E-state index in [1.807, 2.05) is 44.2 Å². The van der Waals surface area contributed by atoms with E-state index < -0.39 is 5.54 Å². The molecule has 3 rings (SSSR count). The van der Waals surface area contributed by atoms with Crippen LogP contribution in [0.3, 0.4) is 0 Å². The molecule has 25 heavy (non-hydrogen) atoms. The van der Waals surface area contributed by atoms with E-state index in [1.54, 1.807) is 6.20 Å². The Balaban J connectivity index is 1.76. The van der Waals surface area contributed by atoms with Gasteiger partial charge < -0.3 is 15.8 Å². The van der Waals surface area contributed by atoms with Gasteiger partial charge in [0.15, 0.2) is 0 Å². The Labute approximate surface area is 148 Å². The molecule has 5 heteroatoms. The van der Waals surface area contributed by atoms with Crippen LogP contribution in [0.4, 0.5) is 5.69 Å². The fraction of sp³-hybridized carbons (Fsp3) is 0.400. The maximum atomic E-state index is 12.6. The van der Waals surface area contributed by atoms with Crippen molar-refractivity contribution in [3.05, 3.63) is 47.7 Å². The lowest BCUT2D eigenvalue weighted by molar-refractivity contribution is -0.122. The largest absolute Gasteiger partial charge is 0.439 e. The number of nitrogens with one attached hydrogen (secondary N) is 1. The highest BCUT2D eigenvalue weighted by molar-refractivity contribution is 5.98. The lowest BCUT2D eigenvalue weighted by atomic mass is 9.82. The second-order valence-electron chi connectivity index (χ2n) is 6.92.